The zero-order valence-corrected chi connectivity index (χ0v) is 19.5. The van der Waals surface area contributed by atoms with Gasteiger partial charge in [0.25, 0.3) is 0 Å². The Labute approximate surface area is 194 Å². The first-order valence-corrected chi connectivity index (χ1v) is 12.1. The molecule has 5 nitrogen and oxygen atoms in total. The molecule has 2 aliphatic carbocycles. The Bertz CT molecular complexity index is 855. The number of piperidine rings is 1. The normalized spacial score (nSPS) is 32.1. The van der Waals surface area contributed by atoms with Crippen molar-refractivity contribution in [2.45, 2.75) is 80.6 Å². The number of ether oxygens (including phenoxy) is 1. The molecule has 0 aromatic carbocycles. The maximum atomic E-state index is 11.2. The molecular formula is C24H31Cl2N3O2. The predicted octanol–water partition coefficient (Wildman–Crippen LogP) is 4.93. The van der Waals surface area contributed by atoms with Crippen molar-refractivity contribution >= 4 is 29.5 Å². The lowest BCUT2D eigenvalue weighted by Gasteiger charge is -2.53. The van der Waals surface area contributed by atoms with Gasteiger partial charge in [0.15, 0.2) is 0 Å². The molecule has 1 aromatic heterocycles. The first-order chi connectivity index (χ1) is 14.9. The number of allylic oxidation sites excluding steroid dienone is 2. The lowest BCUT2D eigenvalue weighted by molar-refractivity contribution is -0.104. The van der Waals surface area contributed by atoms with Crippen LogP contribution in [-0.2, 0) is 11.3 Å². The van der Waals surface area contributed by atoms with Crippen molar-refractivity contribution in [3.63, 3.8) is 0 Å². The van der Waals surface area contributed by atoms with Crippen LogP contribution in [0.25, 0.3) is 0 Å². The Morgan fingerprint density at radius 1 is 1.29 bits per heavy atom. The highest BCUT2D eigenvalue weighted by Gasteiger charge is 2.49. The first kappa shape index (κ1) is 22.8. The van der Waals surface area contributed by atoms with Crippen molar-refractivity contribution in [3.05, 3.63) is 47.7 Å². The fourth-order valence-electron chi connectivity index (χ4n) is 4.90. The van der Waals surface area contributed by atoms with E-state index in [2.05, 4.69) is 17.1 Å². The van der Waals surface area contributed by atoms with E-state index in [0.717, 1.165) is 50.6 Å². The average molecular weight is 464 g/mol. The van der Waals surface area contributed by atoms with Crippen LogP contribution in [0.1, 0.15) is 57.6 Å². The quantitative estimate of drug-likeness (QED) is 0.352. The Morgan fingerprint density at radius 3 is 2.84 bits per heavy atom. The van der Waals surface area contributed by atoms with E-state index in [0.29, 0.717) is 24.1 Å². The summed E-state index contributed by atoms with van der Waals surface area (Å²) < 4.78 is 6.07. The fraction of sp³-hybridized carbons (Fsp3) is 0.583. The van der Waals surface area contributed by atoms with Crippen molar-refractivity contribution in [1.29, 1.82) is 0 Å². The average Bonchev–Trinajstić information content (AvgIpc) is 3.28. The van der Waals surface area contributed by atoms with E-state index in [1.54, 1.807) is 12.2 Å². The van der Waals surface area contributed by atoms with Crippen molar-refractivity contribution in [2.75, 3.05) is 6.54 Å². The molecule has 31 heavy (non-hydrogen) atoms. The predicted molar refractivity (Wildman–Crippen MR) is 124 cm³/mol. The molecule has 1 saturated heterocycles. The van der Waals surface area contributed by atoms with E-state index in [1.807, 2.05) is 24.3 Å². The third kappa shape index (κ3) is 5.00. The van der Waals surface area contributed by atoms with Crippen LogP contribution in [0.3, 0.4) is 0 Å². The lowest BCUT2D eigenvalue weighted by atomic mass is 9.90. The molecule has 168 valence electrons. The Balaban J connectivity index is 1.47. The van der Waals surface area contributed by atoms with E-state index >= 15 is 0 Å². The molecule has 1 aliphatic heterocycles. The maximum Gasteiger partial charge on any atom is 0.213 e. The van der Waals surface area contributed by atoms with Gasteiger partial charge in [-0.05, 0) is 64.0 Å². The highest BCUT2D eigenvalue weighted by Crippen LogP contribution is 2.42. The number of nitrogens with zero attached hydrogens (tertiary/aromatic N) is 2. The second-order valence-electron chi connectivity index (χ2n) is 8.97. The van der Waals surface area contributed by atoms with Crippen LogP contribution in [0, 0.1) is 0 Å². The Morgan fingerprint density at radius 2 is 2.10 bits per heavy atom. The van der Waals surface area contributed by atoms with Gasteiger partial charge in [0, 0.05) is 24.7 Å². The molecule has 3 aliphatic rings. The van der Waals surface area contributed by atoms with Gasteiger partial charge >= 0.3 is 0 Å². The number of likely N-dealkylation sites (tertiary alicyclic amines) is 1. The molecule has 1 N–H and O–H groups in total. The van der Waals surface area contributed by atoms with Gasteiger partial charge < -0.3 is 4.74 Å². The van der Waals surface area contributed by atoms with Gasteiger partial charge in [-0.1, -0.05) is 29.8 Å². The minimum atomic E-state index is -0.892. The molecule has 2 fully saturated rings. The monoisotopic (exact) mass is 463 g/mol. The maximum absolute atomic E-state index is 11.2. The molecule has 7 heteroatoms. The number of nitrogens with one attached hydrogen (secondary N) is 1. The van der Waals surface area contributed by atoms with Crippen molar-refractivity contribution < 1.29 is 9.53 Å². The molecule has 1 aromatic rings. The number of pyridine rings is 1. The molecule has 1 saturated carbocycles. The van der Waals surface area contributed by atoms with Crippen LogP contribution in [0.15, 0.2) is 42.0 Å². The second kappa shape index (κ2) is 9.62. The third-order valence-electron chi connectivity index (χ3n) is 6.70. The summed E-state index contributed by atoms with van der Waals surface area (Å²) in [4.78, 5) is 17.2. The zero-order chi connectivity index (χ0) is 21.9. The third-order valence-corrected chi connectivity index (χ3v) is 7.83. The molecule has 0 bridgehead atoms. The summed E-state index contributed by atoms with van der Waals surface area (Å²) in [5, 5.41) is 3.19. The fourth-order valence-corrected chi connectivity index (χ4v) is 5.63. The lowest BCUT2D eigenvalue weighted by Crippen LogP contribution is -2.67. The molecule has 0 amide bonds. The largest absolute Gasteiger partial charge is 0.474 e. The van der Waals surface area contributed by atoms with E-state index < -0.39 is 10.4 Å². The van der Waals surface area contributed by atoms with Crippen LogP contribution in [-0.4, -0.2) is 44.9 Å². The van der Waals surface area contributed by atoms with E-state index in [4.69, 9.17) is 32.9 Å². The van der Waals surface area contributed by atoms with Crippen molar-refractivity contribution in [3.8, 4) is 5.88 Å². The standard InChI is InChI=1S/C24H31Cl2N3O2/c1-23(27-16-19-7-6-10-22(28-19)31-20-8-2-3-9-20)12-4-5-14-29(23)24(26)13-11-18(17-30)15-21(24)25/h6-7,10-11,13,15,17,20-21,27H,2-5,8-9,12,14,16H2,1H3. The first-order valence-electron chi connectivity index (χ1n) is 11.3. The van der Waals surface area contributed by atoms with E-state index in [-0.39, 0.29) is 5.66 Å². The Kier molecular flexibility index (Phi) is 7.07. The SMILES string of the molecule is CC1(NCc2cccc(OC3CCCC3)n2)CCCCN1C1(Cl)C=CC(C=O)=CC1Cl. The number of hydrogen-bond donors (Lipinski definition) is 1. The molecule has 4 rings (SSSR count). The number of carbonyl (C=O) groups excluding carboxylic acids is 1. The summed E-state index contributed by atoms with van der Waals surface area (Å²) in [5.41, 5.74) is 1.15. The van der Waals surface area contributed by atoms with E-state index in [1.165, 1.54) is 12.8 Å². The number of carbonyl (C=O) groups is 1. The molecule has 0 spiro atoms. The van der Waals surface area contributed by atoms with Gasteiger partial charge in [0.1, 0.15) is 17.4 Å². The highest BCUT2D eigenvalue weighted by atomic mass is 35.5. The van der Waals surface area contributed by atoms with Gasteiger partial charge in [-0.25, -0.2) is 4.98 Å². The van der Waals surface area contributed by atoms with Gasteiger partial charge in [0.05, 0.1) is 16.7 Å². The number of aldehydes is 1. The number of aromatic nitrogens is 1. The van der Waals surface area contributed by atoms with Crippen molar-refractivity contribution in [2.24, 2.45) is 0 Å². The van der Waals surface area contributed by atoms with Crippen molar-refractivity contribution in [1.82, 2.24) is 15.2 Å². The molecule has 2 heterocycles. The minimum Gasteiger partial charge on any atom is -0.474 e. The molecule has 0 radical (unpaired) electrons. The highest BCUT2D eigenvalue weighted by molar-refractivity contribution is 6.34. The minimum absolute atomic E-state index is 0.293. The summed E-state index contributed by atoms with van der Waals surface area (Å²) in [6, 6.07) is 5.96. The van der Waals surface area contributed by atoms with Gasteiger partial charge in [-0.15, -0.1) is 11.6 Å². The van der Waals surface area contributed by atoms with Gasteiger partial charge in [0.2, 0.25) is 5.88 Å². The number of hydrogen-bond acceptors (Lipinski definition) is 5. The van der Waals surface area contributed by atoms with Crippen LogP contribution in [0.5, 0.6) is 5.88 Å². The van der Waals surface area contributed by atoms with Crippen LogP contribution in [0.2, 0.25) is 0 Å². The summed E-state index contributed by atoms with van der Waals surface area (Å²) in [5.74, 6) is 0.702. The van der Waals surface area contributed by atoms with Crippen LogP contribution >= 0.6 is 23.2 Å². The van der Waals surface area contributed by atoms with Gasteiger partial charge in [-0.3, -0.25) is 15.0 Å². The summed E-state index contributed by atoms with van der Waals surface area (Å²) in [6.07, 6.45) is 14.3. The summed E-state index contributed by atoms with van der Waals surface area (Å²) in [7, 11) is 0. The molecular weight excluding hydrogens is 433 g/mol. The summed E-state index contributed by atoms with van der Waals surface area (Å²) in [6.45, 7) is 3.60. The second-order valence-corrected chi connectivity index (χ2v) is 10.1. The zero-order valence-electron chi connectivity index (χ0n) is 18.0. The van der Waals surface area contributed by atoms with Crippen LogP contribution < -0.4 is 10.1 Å². The van der Waals surface area contributed by atoms with Gasteiger partial charge in [-0.2, -0.15) is 0 Å². The Hall–Kier alpha value is -1.40. The number of alkyl halides is 2. The number of halogens is 2. The smallest absolute Gasteiger partial charge is 0.213 e. The summed E-state index contributed by atoms with van der Waals surface area (Å²) >= 11 is 13.7. The van der Waals surface area contributed by atoms with E-state index in [9.17, 15) is 4.79 Å². The topological polar surface area (TPSA) is 54.5 Å². The van der Waals surface area contributed by atoms with Crippen LogP contribution in [0.4, 0.5) is 0 Å². The molecule has 3 unspecified atom stereocenters. The number of rotatable bonds is 7. The molecule has 3 atom stereocenters.